The second-order valence-electron chi connectivity index (χ2n) is 3.82. The number of hydrogen-bond donors (Lipinski definition) is 1. The van der Waals surface area contributed by atoms with E-state index in [1.54, 1.807) is 0 Å². The molecule has 0 atom stereocenters. The molecule has 16 heavy (non-hydrogen) atoms. The Hall–Kier alpha value is -1.09. The van der Waals surface area contributed by atoms with Crippen molar-refractivity contribution in [3.8, 4) is 0 Å². The van der Waals surface area contributed by atoms with E-state index in [0.717, 1.165) is 16.4 Å². The molecule has 0 aliphatic heterocycles. The summed E-state index contributed by atoms with van der Waals surface area (Å²) < 4.78 is 1.09. The molecule has 2 aromatic rings. The molecule has 0 aliphatic carbocycles. The first-order chi connectivity index (χ1) is 7.67. The number of pyridine rings is 1. The largest absolute Gasteiger partial charge is 0.387 e. The highest BCUT2D eigenvalue weighted by molar-refractivity contribution is 9.10. The molecule has 3 heteroatoms. The molecule has 1 aromatic heterocycles. The van der Waals surface area contributed by atoms with Crippen molar-refractivity contribution in [3.63, 3.8) is 0 Å². The average molecular weight is 279 g/mol. The molecule has 0 unspecified atom stereocenters. The zero-order valence-electron chi connectivity index (χ0n) is 9.76. The van der Waals surface area contributed by atoms with E-state index >= 15 is 0 Å². The van der Waals surface area contributed by atoms with Crippen LogP contribution in [0, 0.1) is 6.92 Å². The number of hydrogen-bond acceptors (Lipinski definition) is 2. The van der Waals surface area contributed by atoms with Gasteiger partial charge in [0.25, 0.3) is 0 Å². The van der Waals surface area contributed by atoms with Crippen molar-refractivity contribution in [2.24, 2.45) is 0 Å². The van der Waals surface area contributed by atoms with Crippen LogP contribution in [0.5, 0.6) is 0 Å². The van der Waals surface area contributed by atoms with Gasteiger partial charge in [-0.25, -0.2) is 0 Å². The van der Waals surface area contributed by atoms with Crippen LogP contribution in [-0.4, -0.2) is 12.0 Å². The summed E-state index contributed by atoms with van der Waals surface area (Å²) in [6, 6.07) is 6.20. The van der Waals surface area contributed by atoms with Gasteiger partial charge in [-0.1, -0.05) is 22.9 Å². The maximum absolute atomic E-state index is 4.68. The molecule has 1 N–H and O–H groups in total. The maximum atomic E-state index is 4.68. The number of anilines is 1. The predicted octanol–water partition coefficient (Wildman–Crippen LogP) is 3.91. The zero-order valence-corrected chi connectivity index (χ0v) is 11.4. The minimum absolute atomic E-state index is 0.965. The van der Waals surface area contributed by atoms with E-state index in [9.17, 15) is 0 Å². The van der Waals surface area contributed by atoms with Gasteiger partial charge in [-0.15, -0.1) is 0 Å². The third-order valence-electron chi connectivity index (χ3n) is 2.88. The van der Waals surface area contributed by atoms with Crippen molar-refractivity contribution in [2.45, 2.75) is 20.3 Å². The molecule has 0 spiro atoms. The van der Waals surface area contributed by atoms with Crippen molar-refractivity contribution in [3.05, 3.63) is 33.9 Å². The number of nitrogens with one attached hydrogen (secondary N) is 1. The fourth-order valence-corrected chi connectivity index (χ4v) is 2.41. The standard InChI is InChI=1S/C13H15BrN2/c1-4-11-8(2)13(15-3)10-7-9(14)5-6-12(10)16-11/h5-7H,4H2,1-3H3,(H,15,16). The van der Waals surface area contributed by atoms with Crippen molar-refractivity contribution in [2.75, 3.05) is 12.4 Å². The van der Waals surface area contributed by atoms with Crippen LogP contribution in [0.1, 0.15) is 18.2 Å². The van der Waals surface area contributed by atoms with E-state index in [0.29, 0.717) is 0 Å². The van der Waals surface area contributed by atoms with Crippen LogP contribution in [0.15, 0.2) is 22.7 Å². The Labute approximate surface area is 104 Å². The van der Waals surface area contributed by atoms with Gasteiger partial charge in [-0.3, -0.25) is 4.98 Å². The van der Waals surface area contributed by atoms with Crippen molar-refractivity contribution < 1.29 is 0 Å². The molecule has 0 saturated carbocycles. The van der Waals surface area contributed by atoms with Gasteiger partial charge in [0.05, 0.1) is 5.52 Å². The molecule has 2 nitrogen and oxygen atoms in total. The summed E-state index contributed by atoms with van der Waals surface area (Å²) in [6.07, 6.45) is 0.965. The fourth-order valence-electron chi connectivity index (χ4n) is 2.05. The molecule has 0 fully saturated rings. The minimum atomic E-state index is 0.965. The molecule has 0 bridgehead atoms. The van der Waals surface area contributed by atoms with E-state index in [1.807, 2.05) is 13.1 Å². The van der Waals surface area contributed by atoms with Crippen LogP contribution in [0.4, 0.5) is 5.69 Å². The highest BCUT2D eigenvalue weighted by Gasteiger charge is 2.09. The second-order valence-corrected chi connectivity index (χ2v) is 4.74. The van der Waals surface area contributed by atoms with E-state index in [-0.39, 0.29) is 0 Å². The predicted molar refractivity (Wildman–Crippen MR) is 73.1 cm³/mol. The van der Waals surface area contributed by atoms with Gasteiger partial charge in [0.2, 0.25) is 0 Å². The smallest absolute Gasteiger partial charge is 0.0727 e. The fraction of sp³-hybridized carbons (Fsp3) is 0.308. The molecule has 0 saturated heterocycles. The summed E-state index contributed by atoms with van der Waals surface area (Å²) in [5, 5.41) is 4.45. The first-order valence-corrected chi connectivity index (χ1v) is 6.23. The lowest BCUT2D eigenvalue weighted by Crippen LogP contribution is -2.00. The van der Waals surface area contributed by atoms with E-state index in [1.165, 1.54) is 22.3 Å². The lowest BCUT2D eigenvalue weighted by Gasteiger charge is -2.13. The molecule has 0 aliphatic rings. The van der Waals surface area contributed by atoms with Crippen molar-refractivity contribution in [1.29, 1.82) is 0 Å². The van der Waals surface area contributed by atoms with E-state index in [4.69, 9.17) is 0 Å². The SMILES string of the molecule is CCc1nc2ccc(Br)cc2c(NC)c1C. The zero-order chi connectivity index (χ0) is 11.7. The van der Waals surface area contributed by atoms with E-state index < -0.39 is 0 Å². The highest BCUT2D eigenvalue weighted by atomic mass is 79.9. The van der Waals surface area contributed by atoms with Crippen LogP contribution in [0.2, 0.25) is 0 Å². The van der Waals surface area contributed by atoms with Gasteiger partial charge in [-0.2, -0.15) is 0 Å². The molecule has 1 heterocycles. The number of fused-ring (bicyclic) bond motifs is 1. The molecule has 0 radical (unpaired) electrons. The summed E-state index contributed by atoms with van der Waals surface area (Å²) in [6.45, 7) is 4.26. The summed E-state index contributed by atoms with van der Waals surface area (Å²) in [4.78, 5) is 4.68. The third-order valence-corrected chi connectivity index (χ3v) is 3.37. The lowest BCUT2D eigenvalue weighted by molar-refractivity contribution is 1.03. The Morgan fingerprint density at radius 3 is 2.75 bits per heavy atom. The first kappa shape index (κ1) is 11.4. The molecular weight excluding hydrogens is 264 g/mol. The number of halogens is 1. The molecular formula is C13H15BrN2. The second kappa shape index (κ2) is 4.42. The first-order valence-electron chi connectivity index (χ1n) is 5.43. The summed E-state index contributed by atoms with van der Waals surface area (Å²) in [5.41, 5.74) is 4.65. The average Bonchev–Trinajstić information content (AvgIpc) is 2.28. The maximum Gasteiger partial charge on any atom is 0.0727 e. The Morgan fingerprint density at radius 2 is 2.12 bits per heavy atom. The Balaban J connectivity index is 2.84. The van der Waals surface area contributed by atoms with Crippen LogP contribution >= 0.6 is 15.9 Å². The van der Waals surface area contributed by atoms with Gasteiger partial charge in [0.15, 0.2) is 0 Å². The molecule has 2 rings (SSSR count). The molecule has 0 amide bonds. The quantitative estimate of drug-likeness (QED) is 0.901. The van der Waals surface area contributed by atoms with Gasteiger partial charge in [-0.05, 0) is 37.1 Å². The highest BCUT2D eigenvalue weighted by Crippen LogP contribution is 2.30. The minimum Gasteiger partial charge on any atom is -0.387 e. The number of rotatable bonds is 2. The van der Waals surface area contributed by atoms with Crippen LogP contribution in [0.3, 0.4) is 0 Å². The number of nitrogens with zero attached hydrogens (tertiary/aromatic N) is 1. The Bertz CT molecular complexity index is 535. The number of aryl methyl sites for hydroxylation is 1. The number of benzene rings is 1. The summed E-state index contributed by atoms with van der Waals surface area (Å²) in [5.74, 6) is 0. The van der Waals surface area contributed by atoms with Gasteiger partial charge < -0.3 is 5.32 Å². The summed E-state index contributed by atoms with van der Waals surface area (Å²) in [7, 11) is 1.96. The Kier molecular flexibility index (Phi) is 3.15. The van der Waals surface area contributed by atoms with Crippen LogP contribution in [-0.2, 0) is 6.42 Å². The topological polar surface area (TPSA) is 24.9 Å². The van der Waals surface area contributed by atoms with Gasteiger partial charge >= 0.3 is 0 Å². The lowest BCUT2D eigenvalue weighted by atomic mass is 10.1. The third kappa shape index (κ3) is 1.80. The van der Waals surface area contributed by atoms with Gasteiger partial charge in [0.1, 0.15) is 0 Å². The van der Waals surface area contributed by atoms with Crippen molar-refractivity contribution >= 4 is 32.5 Å². The molecule has 84 valence electrons. The van der Waals surface area contributed by atoms with Crippen LogP contribution in [0.25, 0.3) is 10.9 Å². The van der Waals surface area contributed by atoms with Gasteiger partial charge in [0, 0.05) is 28.3 Å². The normalized spacial score (nSPS) is 10.8. The van der Waals surface area contributed by atoms with Crippen LogP contribution < -0.4 is 5.32 Å². The summed E-state index contributed by atoms with van der Waals surface area (Å²) >= 11 is 3.50. The van der Waals surface area contributed by atoms with Crippen molar-refractivity contribution in [1.82, 2.24) is 4.98 Å². The number of aromatic nitrogens is 1. The molecule has 1 aromatic carbocycles. The monoisotopic (exact) mass is 278 g/mol. The Morgan fingerprint density at radius 1 is 1.38 bits per heavy atom. The van der Waals surface area contributed by atoms with E-state index in [2.05, 4.69) is 52.2 Å².